The fourth-order valence-corrected chi connectivity index (χ4v) is 6.93. The third kappa shape index (κ3) is 38.7. The van der Waals surface area contributed by atoms with E-state index in [0.29, 0.717) is 17.4 Å². The minimum atomic E-state index is -4.36. The van der Waals surface area contributed by atoms with Gasteiger partial charge < -0.3 is 18.9 Å². The minimum absolute atomic E-state index is 0.0367. The number of likely N-dealkylation sites (N-methyl/N-ethyl adjacent to an activating group) is 1. The Morgan fingerprint density at radius 1 is 0.519 bits per heavy atom. The standard InChI is InChI=1S/C42H84NO8P/c1-6-8-10-12-14-16-18-19-20-21-22-23-25-27-29-31-33-35-42(45)51-40(39-50-52(46,47)49-37-36-43(3,4)5)38-48-41(44)34-32-30-28-26-24-17-15-13-11-9-7-2/h40H,6-39H2,1-5H3/p+1. The van der Waals surface area contributed by atoms with Crippen LogP contribution in [0.2, 0.25) is 0 Å². The second-order valence-electron chi connectivity index (χ2n) is 16.1. The number of nitrogens with zero attached hydrogens (tertiary/aromatic N) is 1. The van der Waals surface area contributed by atoms with Gasteiger partial charge in [0.15, 0.2) is 6.10 Å². The Morgan fingerprint density at radius 2 is 0.865 bits per heavy atom. The van der Waals surface area contributed by atoms with E-state index in [0.717, 1.165) is 38.5 Å². The van der Waals surface area contributed by atoms with Crippen LogP contribution in [0, 0.1) is 0 Å². The molecular formula is C42H85NO8P+. The summed E-state index contributed by atoms with van der Waals surface area (Å²) in [5, 5.41) is 0. The summed E-state index contributed by atoms with van der Waals surface area (Å²) < 4.78 is 34.3. The summed E-state index contributed by atoms with van der Waals surface area (Å²) in [5.41, 5.74) is 0. The maximum atomic E-state index is 12.7. The minimum Gasteiger partial charge on any atom is -0.462 e. The molecule has 52 heavy (non-hydrogen) atoms. The molecule has 0 heterocycles. The Labute approximate surface area is 321 Å². The number of quaternary nitrogens is 1. The van der Waals surface area contributed by atoms with Gasteiger partial charge in [0.05, 0.1) is 27.7 Å². The average Bonchev–Trinajstić information content (AvgIpc) is 3.09. The lowest BCUT2D eigenvalue weighted by Gasteiger charge is -2.24. The number of hydrogen-bond donors (Lipinski definition) is 1. The first-order valence-electron chi connectivity index (χ1n) is 21.8. The number of ether oxygens (including phenoxy) is 2. The van der Waals surface area contributed by atoms with E-state index in [9.17, 15) is 19.0 Å². The van der Waals surface area contributed by atoms with Gasteiger partial charge in [0.25, 0.3) is 0 Å². The number of esters is 2. The molecule has 0 aromatic carbocycles. The van der Waals surface area contributed by atoms with E-state index in [1.165, 1.54) is 141 Å². The van der Waals surface area contributed by atoms with Gasteiger partial charge in [-0.05, 0) is 12.8 Å². The molecule has 0 saturated heterocycles. The van der Waals surface area contributed by atoms with Crippen LogP contribution >= 0.6 is 7.82 Å². The van der Waals surface area contributed by atoms with E-state index in [1.54, 1.807) is 0 Å². The zero-order valence-corrected chi connectivity index (χ0v) is 35.7. The van der Waals surface area contributed by atoms with Crippen LogP contribution in [0.25, 0.3) is 0 Å². The molecule has 0 spiro atoms. The highest BCUT2D eigenvalue weighted by Gasteiger charge is 2.27. The molecule has 0 aliphatic rings. The van der Waals surface area contributed by atoms with Crippen molar-refractivity contribution < 1.29 is 42.1 Å². The van der Waals surface area contributed by atoms with E-state index in [4.69, 9.17) is 18.5 Å². The lowest BCUT2D eigenvalue weighted by Crippen LogP contribution is -2.37. The molecule has 0 aliphatic heterocycles. The van der Waals surface area contributed by atoms with Crippen molar-refractivity contribution in [3.05, 3.63) is 0 Å². The molecule has 0 fully saturated rings. The monoisotopic (exact) mass is 763 g/mol. The van der Waals surface area contributed by atoms with Gasteiger partial charge in [-0.25, -0.2) is 4.57 Å². The van der Waals surface area contributed by atoms with Gasteiger partial charge in [-0.2, -0.15) is 0 Å². The SMILES string of the molecule is CCCCCCCCCCCCCCCCCCCC(=O)OC(COC(=O)CCCCCCCCCCCCC)COP(=O)(O)OCC[N+](C)(C)C. The highest BCUT2D eigenvalue weighted by Crippen LogP contribution is 2.43. The van der Waals surface area contributed by atoms with Crippen molar-refractivity contribution in [2.24, 2.45) is 0 Å². The molecule has 0 radical (unpaired) electrons. The fraction of sp³-hybridized carbons (Fsp3) is 0.952. The van der Waals surface area contributed by atoms with E-state index in [1.807, 2.05) is 21.1 Å². The fourth-order valence-electron chi connectivity index (χ4n) is 6.19. The van der Waals surface area contributed by atoms with E-state index < -0.39 is 26.5 Å². The molecule has 9 nitrogen and oxygen atoms in total. The summed E-state index contributed by atoms with van der Waals surface area (Å²) in [6.07, 6.45) is 34.3. The molecule has 0 saturated carbocycles. The number of hydrogen-bond acceptors (Lipinski definition) is 7. The van der Waals surface area contributed by atoms with Gasteiger partial charge >= 0.3 is 19.8 Å². The van der Waals surface area contributed by atoms with Crippen LogP contribution in [0.1, 0.15) is 206 Å². The lowest BCUT2D eigenvalue weighted by atomic mass is 10.0. The molecule has 2 unspecified atom stereocenters. The molecule has 0 amide bonds. The zero-order chi connectivity index (χ0) is 38.6. The van der Waals surface area contributed by atoms with Crippen LogP contribution < -0.4 is 0 Å². The number of phosphoric acid groups is 1. The zero-order valence-electron chi connectivity index (χ0n) is 34.8. The predicted octanol–water partition coefficient (Wildman–Crippen LogP) is 12.0. The third-order valence-corrected chi connectivity index (χ3v) is 10.6. The van der Waals surface area contributed by atoms with Gasteiger partial charge in [0, 0.05) is 12.8 Å². The van der Waals surface area contributed by atoms with Crippen LogP contribution in [-0.4, -0.2) is 74.9 Å². The smallest absolute Gasteiger partial charge is 0.462 e. The summed E-state index contributed by atoms with van der Waals surface area (Å²) in [6.45, 7) is 4.44. The summed E-state index contributed by atoms with van der Waals surface area (Å²) in [6, 6.07) is 0. The molecule has 0 rings (SSSR count). The summed E-state index contributed by atoms with van der Waals surface area (Å²) in [5.74, 6) is -0.786. The van der Waals surface area contributed by atoms with Gasteiger partial charge in [0.2, 0.25) is 0 Å². The second-order valence-corrected chi connectivity index (χ2v) is 17.6. The van der Waals surface area contributed by atoms with E-state index in [2.05, 4.69) is 13.8 Å². The van der Waals surface area contributed by atoms with Crippen LogP contribution in [0.4, 0.5) is 0 Å². The van der Waals surface area contributed by atoms with Crippen LogP contribution in [-0.2, 0) is 32.7 Å². The van der Waals surface area contributed by atoms with E-state index >= 15 is 0 Å². The largest absolute Gasteiger partial charge is 0.472 e. The highest BCUT2D eigenvalue weighted by molar-refractivity contribution is 7.47. The maximum Gasteiger partial charge on any atom is 0.472 e. The summed E-state index contributed by atoms with van der Waals surface area (Å²) in [4.78, 5) is 35.3. The highest BCUT2D eigenvalue weighted by atomic mass is 31.2. The van der Waals surface area contributed by atoms with E-state index in [-0.39, 0.29) is 25.6 Å². The molecular weight excluding hydrogens is 677 g/mol. The Balaban J connectivity index is 4.30. The number of rotatable bonds is 40. The normalized spacial score (nSPS) is 13.6. The van der Waals surface area contributed by atoms with Crippen molar-refractivity contribution in [1.82, 2.24) is 0 Å². The molecule has 0 aromatic heterocycles. The maximum absolute atomic E-state index is 12.7. The van der Waals surface area contributed by atoms with Crippen molar-refractivity contribution in [2.75, 3.05) is 47.5 Å². The average molecular weight is 763 g/mol. The molecule has 0 bridgehead atoms. The first-order valence-corrected chi connectivity index (χ1v) is 23.3. The van der Waals surface area contributed by atoms with Crippen molar-refractivity contribution in [1.29, 1.82) is 0 Å². The molecule has 310 valence electrons. The van der Waals surface area contributed by atoms with Gasteiger partial charge in [-0.15, -0.1) is 0 Å². The van der Waals surface area contributed by atoms with Gasteiger partial charge in [0.1, 0.15) is 19.8 Å². The molecule has 1 N–H and O–H groups in total. The van der Waals surface area contributed by atoms with Crippen molar-refractivity contribution in [3.63, 3.8) is 0 Å². The summed E-state index contributed by atoms with van der Waals surface area (Å²) in [7, 11) is 1.49. The van der Waals surface area contributed by atoms with Crippen LogP contribution in [0.15, 0.2) is 0 Å². The first kappa shape index (κ1) is 51.0. The summed E-state index contributed by atoms with van der Waals surface area (Å²) >= 11 is 0. The number of carbonyl (C=O) groups is 2. The molecule has 2 atom stereocenters. The number of unbranched alkanes of at least 4 members (excludes halogenated alkanes) is 26. The topological polar surface area (TPSA) is 108 Å². The van der Waals surface area contributed by atoms with Gasteiger partial charge in [-0.3, -0.25) is 18.6 Å². The lowest BCUT2D eigenvalue weighted by molar-refractivity contribution is -0.870. The Bertz CT molecular complexity index is 865. The van der Waals surface area contributed by atoms with Crippen molar-refractivity contribution >= 4 is 19.8 Å². The van der Waals surface area contributed by atoms with Crippen molar-refractivity contribution in [3.8, 4) is 0 Å². The predicted molar refractivity (Wildman–Crippen MR) is 215 cm³/mol. The van der Waals surface area contributed by atoms with Crippen LogP contribution in [0.3, 0.4) is 0 Å². The first-order chi connectivity index (χ1) is 25.0. The molecule has 10 heteroatoms. The quantitative estimate of drug-likeness (QED) is 0.0284. The third-order valence-electron chi connectivity index (χ3n) is 9.64. The Morgan fingerprint density at radius 3 is 1.23 bits per heavy atom. The number of carbonyl (C=O) groups excluding carboxylic acids is 2. The number of phosphoric ester groups is 1. The van der Waals surface area contributed by atoms with Crippen LogP contribution in [0.5, 0.6) is 0 Å². The Hall–Kier alpha value is -0.990. The van der Waals surface area contributed by atoms with Gasteiger partial charge in [-0.1, -0.05) is 181 Å². The Kier molecular flexibility index (Phi) is 35.0. The van der Waals surface area contributed by atoms with Crippen molar-refractivity contribution in [2.45, 2.75) is 213 Å². The molecule has 0 aromatic rings. The second kappa shape index (κ2) is 35.7. The molecule has 0 aliphatic carbocycles.